The number of fused-ring (bicyclic) bond motifs is 2. The number of hydrogen-bond donors (Lipinski definition) is 3. The van der Waals surface area contributed by atoms with Crippen molar-refractivity contribution in [3.8, 4) is 0 Å². The Balaban J connectivity index is 0.000000281. The molecule has 0 bridgehead atoms. The van der Waals surface area contributed by atoms with Crippen molar-refractivity contribution in [2.45, 2.75) is 48.6 Å². The largest absolute Gasteiger partial charge is 0.382 e. The Morgan fingerprint density at radius 3 is 2.04 bits per heavy atom. The zero-order chi connectivity index (χ0) is 36.8. The lowest BCUT2D eigenvalue weighted by molar-refractivity contribution is -0.120. The Hall–Kier alpha value is -6.27. The van der Waals surface area contributed by atoms with Crippen LogP contribution in [0.3, 0.4) is 0 Å². The van der Waals surface area contributed by atoms with Gasteiger partial charge in [0.1, 0.15) is 11.6 Å². The lowest BCUT2D eigenvalue weighted by Gasteiger charge is -2.23. The van der Waals surface area contributed by atoms with Crippen molar-refractivity contribution in [2.75, 3.05) is 16.4 Å². The van der Waals surface area contributed by atoms with Gasteiger partial charge in [-0.1, -0.05) is 84.9 Å². The highest BCUT2D eigenvalue weighted by atomic mass is 32.2. The van der Waals surface area contributed by atoms with Crippen LogP contribution >= 0.6 is 0 Å². The van der Waals surface area contributed by atoms with E-state index in [2.05, 4.69) is 33.0 Å². The van der Waals surface area contributed by atoms with Crippen LogP contribution in [-0.4, -0.2) is 39.7 Å². The van der Waals surface area contributed by atoms with Crippen LogP contribution in [0.1, 0.15) is 42.4 Å². The molecule has 4 aromatic carbocycles. The number of rotatable bonds is 8. The molecule has 1 fully saturated rings. The molecular formula is C41H39N7O4S. The number of anilines is 4. The lowest BCUT2D eigenvalue weighted by Crippen LogP contribution is -2.18. The minimum absolute atomic E-state index is 0.0579. The molecule has 1 aliphatic heterocycles. The molecule has 0 atom stereocenters. The molecule has 0 radical (unpaired) electrons. The maximum atomic E-state index is 13.7. The van der Waals surface area contributed by atoms with Gasteiger partial charge in [0.15, 0.2) is 5.82 Å². The Labute approximate surface area is 308 Å². The number of amides is 1. The zero-order valence-electron chi connectivity index (χ0n) is 28.9. The SMILES string of the molecule is Nc1ccn(Cc2ccccc2)n1.O=C1CCC(/C=C(/C(=O)Nc2ccn(Cc3ccccc3)n2)c2ccc3c(c2)Nc2ccccc2S3(=O)=O)CC1. The van der Waals surface area contributed by atoms with Crippen LogP contribution in [0.2, 0.25) is 0 Å². The number of allylic oxidation sites excluding steroid dienone is 1. The molecule has 4 N–H and O–H groups in total. The van der Waals surface area contributed by atoms with E-state index < -0.39 is 9.84 Å². The van der Waals surface area contributed by atoms with Gasteiger partial charge in [-0.3, -0.25) is 19.0 Å². The maximum Gasteiger partial charge on any atom is 0.257 e. The summed E-state index contributed by atoms with van der Waals surface area (Å²) < 4.78 is 30.1. The highest BCUT2D eigenvalue weighted by Gasteiger charge is 2.30. The fourth-order valence-electron chi connectivity index (χ4n) is 6.47. The number of nitrogens with one attached hydrogen (secondary N) is 2. The zero-order valence-corrected chi connectivity index (χ0v) is 29.7. The van der Waals surface area contributed by atoms with Gasteiger partial charge in [-0.2, -0.15) is 10.2 Å². The number of hydrogen-bond acceptors (Lipinski definition) is 8. The van der Waals surface area contributed by atoms with E-state index in [1.54, 1.807) is 59.3 Å². The molecule has 8 rings (SSSR count). The summed E-state index contributed by atoms with van der Waals surface area (Å²) in [7, 11) is -3.70. The molecule has 11 nitrogen and oxygen atoms in total. The van der Waals surface area contributed by atoms with E-state index in [1.807, 2.05) is 71.7 Å². The number of benzene rings is 4. The summed E-state index contributed by atoms with van der Waals surface area (Å²) in [4.78, 5) is 25.9. The topological polar surface area (TPSA) is 154 Å². The molecule has 1 amide bonds. The van der Waals surface area contributed by atoms with E-state index in [0.717, 1.165) is 12.1 Å². The van der Waals surface area contributed by atoms with E-state index in [4.69, 9.17) is 5.73 Å². The Morgan fingerprint density at radius 1 is 0.774 bits per heavy atom. The number of ketones is 1. The number of Topliss-reactive ketones (excluding diaryl/α,β-unsaturated/α-hetero) is 1. The van der Waals surface area contributed by atoms with Gasteiger partial charge >= 0.3 is 0 Å². The first-order valence-corrected chi connectivity index (χ1v) is 18.9. The number of nitrogens with two attached hydrogens (primary N) is 1. The third-order valence-corrected chi connectivity index (χ3v) is 11.0. The predicted octanol–water partition coefficient (Wildman–Crippen LogP) is 7.12. The number of sulfone groups is 1. The number of nitrogen functional groups attached to an aromatic ring is 1. The van der Waals surface area contributed by atoms with Gasteiger partial charge in [0, 0.05) is 36.9 Å². The number of nitrogens with zero attached hydrogens (tertiary/aromatic N) is 4. The molecule has 3 heterocycles. The molecule has 268 valence electrons. The predicted molar refractivity (Wildman–Crippen MR) is 205 cm³/mol. The number of carbonyl (C=O) groups excluding carboxylic acids is 2. The molecule has 0 unspecified atom stereocenters. The average molecular weight is 726 g/mol. The maximum absolute atomic E-state index is 13.7. The van der Waals surface area contributed by atoms with Crippen LogP contribution in [0, 0.1) is 5.92 Å². The summed E-state index contributed by atoms with van der Waals surface area (Å²) in [5.74, 6) is 0.930. The van der Waals surface area contributed by atoms with Crippen LogP contribution in [-0.2, 0) is 32.5 Å². The van der Waals surface area contributed by atoms with Crippen molar-refractivity contribution >= 4 is 50.1 Å². The van der Waals surface area contributed by atoms with Gasteiger partial charge in [0.2, 0.25) is 9.84 Å². The van der Waals surface area contributed by atoms with Crippen LogP contribution in [0.5, 0.6) is 0 Å². The second kappa shape index (κ2) is 15.5. The van der Waals surface area contributed by atoms with Crippen LogP contribution in [0.15, 0.2) is 144 Å². The van der Waals surface area contributed by atoms with Gasteiger partial charge in [-0.05, 0) is 65.8 Å². The minimum atomic E-state index is -3.70. The molecule has 2 aromatic heterocycles. The summed E-state index contributed by atoms with van der Waals surface area (Å²) in [6.07, 6.45) is 7.92. The monoisotopic (exact) mass is 725 g/mol. The van der Waals surface area contributed by atoms with Gasteiger partial charge < -0.3 is 16.4 Å². The highest BCUT2D eigenvalue weighted by molar-refractivity contribution is 7.92. The minimum Gasteiger partial charge on any atom is -0.382 e. The number of para-hydroxylation sites is 1. The lowest BCUT2D eigenvalue weighted by atomic mass is 9.86. The van der Waals surface area contributed by atoms with E-state index in [1.165, 1.54) is 5.56 Å². The summed E-state index contributed by atoms with van der Waals surface area (Å²) in [5, 5.41) is 14.7. The van der Waals surface area contributed by atoms with Crippen LogP contribution in [0.25, 0.3) is 5.57 Å². The van der Waals surface area contributed by atoms with Gasteiger partial charge in [-0.25, -0.2) is 8.42 Å². The summed E-state index contributed by atoms with van der Waals surface area (Å²) in [6.45, 7) is 1.35. The third-order valence-electron chi connectivity index (χ3n) is 9.18. The van der Waals surface area contributed by atoms with Gasteiger partial charge in [0.05, 0.1) is 34.3 Å². The first-order chi connectivity index (χ1) is 25.7. The van der Waals surface area contributed by atoms with Crippen molar-refractivity contribution in [3.63, 3.8) is 0 Å². The highest BCUT2D eigenvalue weighted by Crippen LogP contribution is 2.40. The first kappa shape index (κ1) is 35.1. The van der Waals surface area contributed by atoms with E-state index in [9.17, 15) is 18.0 Å². The Bertz CT molecular complexity index is 2380. The average Bonchev–Trinajstić information content (AvgIpc) is 3.79. The normalized spacial score (nSPS) is 14.9. The molecular weight excluding hydrogens is 687 g/mol. The van der Waals surface area contributed by atoms with Crippen LogP contribution in [0.4, 0.5) is 23.0 Å². The quantitative estimate of drug-likeness (QED) is 0.140. The molecule has 2 aliphatic rings. The van der Waals surface area contributed by atoms with Crippen molar-refractivity contribution < 1.29 is 18.0 Å². The van der Waals surface area contributed by atoms with E-state index >= 15 is 0 Å². The second-order valence-corrected chi connectivity index (χ2v) is 14.9. The molecule has 0 spiro atoms. The summed E-state index contributed by atoms with van der Waals surface area (Å²) in [5.41, 5.74) is 9.73. The first-order valence-electron chi connectivity index (χ1n) is 17.4. The molecule has 6 aromatic rings. The van der Waals surface area contributed by atoms with E-state index in [0.29, 0.717) is 66.4 Å². The fraction of sp³-hybridized carbons (Fsp3) is 0.171. The molecule has 0 saturated heterocycles. The van der Waals surface area contributed by atoms with Gasteiger partial charge in [-0.15, -0.1) is 0 Å². The summed E-state index contributed by atoms with van der Waals surface area (Å²) >= 11 is 0. The second-order valence-electron chi connectivity index (χ2n) is 13.1. The molecule has 1 saturated carbocycles. The van der Waals surface area contributed by atoms with Gasteiger partial charge in [0.25, 0.3) is 5.91 Å². The number of aromatic nitrogens is 4. The third kappa shape index (κ3) is 8.45. The molecule has 12 heteroatoms. The Morgan fingerprint density at radius 2 is 1.38 bits per heavy atom. The van der Waals surface area contributed by atoms with E-state index in [-0.39, 0.29) is 27.4 Å². The number of carbonyl (C=O) groups is 2. The molecule has 53 heavy (non-hydrogen) atoms. The van der Waals surface area contributed by atoms with Crippen molar-refractivity contribution in [1.29, 1.82) is 0 Å². The fourth-order valence-corrected chi connectivity index (χ4v) is 8.02. The Kier molecular flexibility index (Phi) is 10.3. The molecule has 1 aliphatic carbocycles. The summed E-state index contributed by atoms with van der Waals surface area (Å²) in [6, 6.07) is 35.3. The van der Waals surface area contributed by atoms with Crippen molar-refractivity contribution in [2.24, 2.45) is 5.92 Å². The smallest absolute Gasteiger partial charge is 0.257 e. The van der Waals surface area contributed by atoms with Crippen molar-refractivity contribution in [1.82, 2.24) is 19.6 Å². The standard InChI is InChI=1S/C31H28N4O4S.C10H11N3/c36-24-13-10-21(11-14-24)18-25(31(37)33-30-16-17-35(34-30)20-22-6-2-1-3-7-22)23-12-15-29-27(19-23)32-26-8-4-5-9-28(26)40(29,38)39;11-10-6-7-13(12-10)8-9-4-2-1-3-5-9/h1-9,12,15-19,21,32H,10-11,13-14,20H2,(H,33,34,37);1-7H,8H2,(H2,11,12)/b25-18+;. The van der Waals surface area contributed by atoms with Crippen molar-refractivity contribution in [3.05, 3.63) is 150 Å². The van der Waals surface area contributed by atoms with Crippen LogP contribution < -0.4 is 16.4 Å².